The number of hydrogen-bond donors (Lipinski definition) is 0. The topological polar surface area (TPSA) is 17.1 Å². The minimum absolute atomic E-state index is 0.164. The van der Waals surface area contributed by atoms with Crippen LogP contribution in [0.4, 0.5) is 0 Å². The molecular formula is C12H14OS. The molecule has 1 unspecified atom stereocenters. The minimum Gasteiger partial charge on any atom is -0.295 e. The Kier molecular flexibility index (Phi) is 2.92. The number of benzene rings is 1. The summed E-state index contributed by atoms with van der Waals surface area (Å²) in [6.45, 7) is 1.63. The first-order chi connectivity index (χ1) is 6.77. The second-order valence-electron chi connectivity index (χ2n) is 3.74. The summed E-state index contributed by atoms with van der Waals surface area (Å²) < 4.78 is 0. The maximum absolute atomic E-state index is 11.2. The third-order valence-electron chi connectivity index (χ3n) is 2.69. The van der Waals surface area contributed by atoms with Crippen molar-refractivity contribution in [3.05, 3.63) is 35.4 Å². The van der Waals surface area contributed by atoms with Gasteiger partial charge in [-0.2, -0.15) is 11.8 Å². The molecule has 0 spiro atoms. The number of thioether (sulfide) groups is 1. The second kappa shape index (κ2) is 4.18. The highest BCUT2D eigenvalue weighted by molar-refractivity contribution is 7.99. The zero-order valence-electron chi connectivity index (χ0n) is 8.32. The zero-order chi connectivity index (χ0) is 9.97. The summed E-state index contributed by atoms with van der Waals surface area (Å²) in [6, 6.07) is 8.09. The molecule has 1 aromatic rings. The van der Waals surface area contributed by atoms with E-state index in [9.17, 15) is 4.79 Å². The van der Waals surface area contributed by atoms with E-state index in [2.05, 4.69) is 12.1 Å². The Morgan fingerprint density at radius 3 is 3.00 bits per heavy atom. The van der Waals surface area contributed by atoms with E-state index >= 15 is 0 Å². The molecule has 0 amide bonds. The van der Waals surface area contributed by atoms with Gasteiger partial charge in [0, 0.05) is 11.3 Å². The molecule has 0 N–H and O–H groups in total. The van der Waals surface area contributed by atoms with Gasteiger partial charge in [0.2, 0.25) is 0 Å². The third-order valence-corrected chi connectivity index (χ3v) is 3.86. The molecule has 1 fully saturated rings. The van der Waals surface area contributed by atoms with Crippen molar-refractivity contribution in [1.82, 2.24) is 0 Å². The Bertz CT molecular complexity index is 340. The van der Waals surface area contributed by atoms with E-state index in [1.54, 1.807) is 6.92 Å². The van der Waals surface area contributed by atoms with Gasteiger partial charge < -0.3 is 0 Å². The molecule has 0 saturated carbocycles. The van der Waals surface area contributed by atoms with E-state index < -0.39 is 0 Å². The molecular weight excluding hydrogens is 192 g/mol. The fourth-order valence-electron chi connectivity index (χ4n) is 1.81. The lowest BCUT2D eigenvalue weighted by molar-refractivity contribution is 0.101. The molecule has 1 aromatic carbocycles. The lowest BCUT2D eigenvalue weighted by Crippen LogP contribution is -1.99. The summed E-state index contributed by atoms with van der Waals surface area (Å²) >= 11 is 2.01. The molecule has 1 heterocycles. The van der Waals surface area contributed by atoms with E-state index in [0.717, 1.165) is 5.56 Å². The highest BCUT2D eigenvalue weighted by atomic mass is 32.2. The molecule has 74 valence electrons. The third kappa shape index (κ3) is 2.01. The minimum atomic E-state index is 0.164. The number of hydrogen-bond acceptors (Lipinski definition) is 2. The van der Waals surface area contributed by atoms with Crippen molar-refractivity contribution in [3.8, 4) is 0 Å². The second-order valence-corrected chi connectivity index (χ2v) is 4.89. The van der Waals surface area contributed by atoms with Crippen LogP contribution in [0.3, 0.4) is 0 Å². The van der Waals surface area contributed by atoms with Gasteiger partial charge in [0.1, 0.15) is 0 Å². The van der Waals surface area contributed by atoms with Gasteiger partial charge in [-0.15, -0.1) is 0 Å². The Morgan fingerprint density at radius 1 is 1.50 bits per heavy atom. The largest absolute Gasteiger partial charge is 0.295 e. The lowest BCUT2D eigenvalue weighted by Gasteiger charge is -2.09. The maximum atomic E-state index is 11.2. The van der Waals surface area contributed by atoms with Crippen molar-refractivity contribution in [2.24, 2.45) is 0 Å². The van der Waals surface area contributed by atoms with Gasteiger partial charge in [-0.05, 0) is 36.6 Å². The van der Waals surface area contributed by atoms with Crippen molar-refractivity contribution >= 4 is 17.5 Å². The quantitative estimate of drug-likeness (QED) is 0.692. The Balaban J connectivity index is 2.25. The number of carbonyl (C=O) groups is 1. The first-order valence-corrected chi connectivity index (χ1v) is 6.11. The number of Topliss-reactive ketones (excluding diaryl/α,β-unsaturated/α-hetero) is 1. The highest BCUT2D eigenvalue weighted by Crippen LogP contribution is 2.32. The van der Waals surface area contributed by atoms with Crippen molar-refractivity contribution in [1.29, 1.82) is 0 Å². The summed E-state index contributed by atoms with van der Waals surface area (Å²) in [7, 11) is 0. The predicted molar refractivity (Wildman–Crippen MR) is 61.1 cm³/mol. The van der Waals surface area contributed by atoms with E-state index in [1.807, 2.05) is 23.9 Å². The first-order valence-electron chi connectivity index (χ1n) is 4.96. The monoisotopic (exact) mass is 206 g/mol. The van der Waals surface area contributed by atoms with Crippen LogP contribution in [-0.4, -0.2) is 17.3 Å². The van der Waals surface area contributed by atoms with Crippen LogP contribution in [0.5, 0.6) is 0 Å². The van der Waals surface area contributed by atoms with E-state index in [-0.39, 0.29) is 5.78 Å². The van der Waals surface area contributed by atoms with Gasteiger partial charge in [0.25, 0.3) is 0 Å². The predicted octanol–water partition coefficient (Wildman–Crippen LogP) is 3.11. The van der Waals surface area contributed by atoms with Gasteiger partial charge in [0.15, 0.2) is 5.78 Å². The van der Waals surface area contributed by atoms with Crippen molar-refractivity contribution in [2.45, 2.75) is 19.3 Å². The molecule has 1 saturated heterocycles. The average molecular weight is 206 g/mol. The normalized spacial score (nSPS) is 21.1. The SMILES string of the molecule is CC(=O)c1cccc(C2CCSC2)c1. The van der Waals surface area contributed by atoms with Crippen LogP contribution in [0.2, 0.25) is 0 Å². The number of carbonyl (C=O) groups excluding carboxylic acids is 1. The first kappa shape index (κ1) is 9.78. The van der Waals surface area contributed by atoms with Crippen LogP contribution in [0, 0.1) is 0 Å². The Hall–Kier alpha value is -0.760. The van der Waals surface area contributed by atoms with Crippen molar-refractivity contribution < 1.29 is 4.79 Å². The van der Waals surface area contributed by atoms with Crippen LogP contribution < -0.4 is 0 Å². The average Bonchev–Trinajstić information content (AvgIpc) is 2.71. The molecule has 1 atom stereocenters. The van der Waals surface area contributed by atoms with E-state index in [0.29, 0.717) is 5.92 Å². The van der Waals surface area contributed by atoms with Gasteiger partial charge in [0.05, 0.1) is 0 Å². The van der Waals surface area contributed by atoms with Crippen LogP contribution in [-0.2, 0) is 0 Å². The van der Waals surface area contributed by atoms with Crippen molar-refractivity contribution in [2.75, 3.05) is 11.5 Å². The summed E-state index contributed by atoms with van der Waals surface area (Å²) in [5, 5.41) is 0. The van der Waals surface area contributed by atoms with Crippen LogP contribution in [0.15, 0.2) is 24.3 Å². The Labute approximate surface area is 88.9 Å². The highest BCUT2D eigenvalue weighted by Gasteiger charge is 2.17. The van der Waals surface area contributed by atoms with E-state index in [1.165, 1.54) is 23.5 Å². The fourth-order valence-corrected chi connectivity index (χ4v) is 3.07. The van der Waals surface area contributed by atoms with Gasteiger partial charge in [-0.1, -0.05) is 18.2 Å². The maximum Gasteiger partial charge on any atom is 0.159 e. The zero-order valence-corrected chi connectivity index (χ0v) is 9.14. The molecule has 1 nitrogen and oxygen atoms in total. The standard InChI is InChI=1S/C12H14OS/c1-9(13)10-3-2-4-11(7-10)12-5-6-14-8-12/h2-4,7,12H,5-6,8H2,1H3. The van der Waals surface area contributed by atoms with E-state index in [4.69, 9.17) is 0 Å². The van der Waals surface area contributed by atoms with Crippen molar-refractivity contribution in [3.63, 3.8) is 0 Å². The molecule has 0 radical (unpaired) electrons. The summed E-state index contributed by atoms with van der Waals surface area (Å²) in [5.41, 5.74) is 2.18. The van der Waals surface area contributed by atoms with Crippen LogP contribution in [0.1, 0.15) is 35.2 Å². The van der Waals surface area contributed by atoms with Crippen LogP contribution >= 0.6 is 11.8 Å². The number of rotatable bonds is 2. The van der Waals surface area contributed by atoms with Gasteiger partial charge >= 0.3 is 0 Å². The van der Waals surface area contributed by atoms with Crippen LogP contribution in [0.25, 0.3) is 0 Å². The molecule has 0 aliphatic carbocycles. The van der Waals surface area contributed by atoms with Gasteiger partial charge in [-0.25, -0.2) is 0 Å². The molecule has 0 bridgehead atoms. The molecule has 1 aliphatic rings. The molecule has 2 heteroatoms. The molecule has 1 aliphatic heterocycles. The summed E-state index contributed by atoms with van der Waals surface area (Å²) in [4.78, 5) is 11.2. The molecule has 2 rings (SSSR count). The Morgan fingerprint density at radius 2 is 2.36 bits per heavy atom. The smallest absolute Gasteiger partial charge is 0.159 e. The molecule has 14 heavy (non-hydrogen) atoms. The van der Waals surface area contributed by atoms with Gasteiger partial charge in [-0.3, -0.25) is 4.79 Å². The summed E-state index contributed by atoms with van der Waals surface area (Å²) in [6.07, 6.45) is 1.26. The lowest BCUT2D eigenvalue weighted by atomic mass is 9.96. The number of ketones is 1. The fraction of sp³-hybridized carbons (Fsp3) is 0.417. The molecule has 0 aromatic heterocycles. The summed E-state index contributed by atoms with van der Waals surface area (Å²) in [5.74, 6) is 3.30.